The zero-order valence-corrected chi connectivity index (χ0v) is 9.94. The SMILES string of the molecule is O=C(O)Cc1[nH]ncc1-c1ccc2c(c1)CCC2. The summed E-state index contributed by atoms with van der Waals surface area (Å²) in [6.45, 7) is 0. The van der Waals surface area contributed by atoms with Gasteiger partial charge in [0.15, 0.2) is 0 Å². The summed E-state index contributed by atoms with van der Waals surface area (Å²) in [5.74, 6) is -0.846. The summed E-state index contributed by atoms with van der Waals surface area (Å²) < 4.78 is 0. The van der Waals surface area contributed by atoms with E-state index in [-0.39, 0.29) is 6.42 Å². The number of H-pyrrole nitrogens is 1. The standard InChI is InChI=1S/C14H14N2O2/c17-14(18)7-13-12(8-15-16-13)11-5-4-9-2-1-3-10(9)6-11/h4-6,8H,1-3,7H2,(H,15,16)(H,17,18). The van der Waals surface area contributed by atoms with E-state index in [0.29, 0.717) is 5.69 Å². The molecule has 18 heavy (non-hydrogen) atoms. The molecule has 2 aromatic rings. The minimum absolute atomic E-state index is 0.0214. The third-order valence-corrected chi connectivity index (χ3v) is 3.46. The predicted molar refractivity (Wildman–Crippen MR) is 67.4 cm³/mol. The van der Waals surface area contributed by atoms with Gasteiger partial charge in [-0.05, 0) is 36.0 Å². The molecule has 92 valence electrons. The first-order valence-corrected chi connectivity index (χ1v) is 6.10. The molecule has 4 nitrogen and oxygen atoms in total. The van der Waals surface area contributed by atoms with Crippen LogP contribution in [0.15, 0.2) is 24.4 Å². The summed E-state index contributed by atoms with van der Waals surface area (Å²) in [6, 6.07) is 6.37. The molecule has 0 amide bonds. The largest absolute Gasteiger partial charge is 0.481 e. The average molecular weight is 242 g/mol. The highest BCUT2D eigenvalue weighted by Crippen LogP contribution is 2.29. The van der Waals surface area contributed by atoms with E-state index >= 15 is 0 Å². The fraction of sp³-hybridized carbons (Fsp3) is 0.286. The van der Waals surface area contributed by atoms with E-state index in [2.05, 4.69) is 28.4 Å². The van der Waals surface area contributed by atoms with Crippen molar-refractivity contribution in [1.82, 2.24) is 10.2 Å². The van der Waals surface area contributed by atoms with Gasteiger partial charge >= 0.3 is 5.97 Å². The lowest BCUT2D eigenvalue weighted by molar-refractivity contribution is -0.136. The number of aryl methyl sites for hydroxylation is 2. The van der Waals surface area contributed by atoms with E-state index in [0.717, 1.165) is 24.0 Å². The maximum atomic E-state index is 10.8. The number of hydrogen-bond acceptors (Lipinski definition) is 2. The Hall–Kier alpha value is -2.10. The number of nitrogens with zero attached hydrogens (tertiary/aromatic N) is 1. The van der Waals surface area contributed by atoms with Crippen LogP contribution >= 0.6 is 0 Å². The van der Waals surface area contributed by atoms with Gasteiger partial charge < -0.3 is 5.11 Å². The molecule has 1 aromatic heterocycles. The molecular formula is C14H14N2O2. The highest BCUT2D eigenvalue weighted by Gasteiger charge is 2.15. The first kappa shape index (κ1) is 11.0. The fourth-order valence-electron chi connectivity index (χ4n) is 2.59. The Morgan fingerprint density at radius 1 is 1.33 bits per heavy atom. The van der Waals surface area contributed by atoms with Crippen molar-refractivity contribution < 1.29 is 9.90 Å². The second kappa shape index (κ2) is 4.29. The molecule has 3 rings (SSSR count). The highest BCUT2D eigenvalue weighted by atomic mass is 16.4. The van der Waals surface area contributed by atoms with Crippen LogP contribution in [0.3, 0.4) is 0 Å². The highest BCUT2D eigenvalue weighted by molar-refractivity contribution is 5.75. The molecule has 0 spiro atoms. The molecule has 0 saturated heterocycles. The van der Waals surface area contributed by atoms with Gasteiger partial charge in [0.05, 0.1) is 18.3 Å². The Labute approximate surface area is 105 Å². The minimum Gasteiger partial charge on any atom is -0.481 e. The lowest BCUT2D eigenvalue weighted by Crippen LogP contribution is -2.01. The van der Waals surface area contributed by atoms with Gasteiger partial charge in [-0.1, -0.05) is 18.2 Å². The van der Waals surface area contributed by atoms with Crippen LogP contribution in [-0.2, 0) is 24.1 Å². The van der Waals surface area contributed by atoms with E-state index in [1.165, 1.54) is 17.5 Å². The van der Waals surface area contributed by atoms with E-state index in [1.807, 2.05) is 0 Å². The number of hydrogen-bond donors (Lipinski definition) is 2. The molecule has 0 saturated carbocycles. The number of carboxylic acid groups (broad SMARTS) is 1. The summed E-state index contributed by atoms with van der Waals surface area (Å²) in [4.78, 5) is 10.8. The number of carboxylic acids is 1. The number of aromatic amines is 1. The van der Waals surface area contributed by atoms with Crippen molar-refractivity contribution in [2.45, 2.75) is 25.7 Å². The Balaban J connectivity index is 1.99. The number of aliphatic carboxylic acids is 1. The molecule has 0 radical (unpaired) electrons. The molecule has 0 atom stereocenters. The van der Waals surface area contributed by atoms with Crippen molar-refractivity contribution in [3.63, 3.8) is 0 Å². The lowest BCUT2D eigenvalue weighted by Gasteiger charge is -2.05. The van der Waals surface area contributed by atoms with Crippen LogP contribution < -0.4 is 0 Å². The summed E-state index contributed by atoms with van der Waals surface area (Å²) in [6.07, 6.45) is 5.17. The predicted octanol–water partition coefficient (Wildman–Crippen LogP) is 2.19. The average Bonchev–Trinajstić information content (AvgIpc) is 2.95. The molecule has 1 aliphatic rings. The maximum Gasteiger partial charge on any atom is 0.309 e. The molecule has 0 aliphatic heterocycles. The zero-order valence-electron chi connectivity index (χ0n) is 9.94. The number of carbonyl (C=O) groups is 1. The molecule has 0 unspecified atom stereocenters. The van der Waals surface area contributed by atoms with Crippen LogP contribution in [0.1, 0.15) is 23.2 Å². The van der Waals surface area contributed by atoms with Crippen LogP contribution in [0.4, 0.5) is 0 Å². The number of fused-ring (bicyclic) bond motifs is 1. The van der Waals surface area contributed by atoms with E-state index in [4.69, 9.17) is 5.11 Å². The van der Waals surface area contributed by atoms with Gasteiger partial charge in [0.25, 0.3) is 0 Å². The Bertz CT molecular complexity index is 602. The van der Waals surface area contributed by atoms with Crippen molar-refractivity contribution in [2.75, 3.05) is 0 Å². The van der Waals surface area contributed by atoms with Crippen LogP contribution in [0.5, 0.6) is 0 Å². The summed E-state index contributed by atoms with van der Waals surface area (Å²) >= 11 is 0. The van der Waals surface area contributed by atoms with Crippen molar-refractivity contribution in [3.05, 3.63) is 41.2 Å². The molecule has 1 heterocycles. The van der Waals surface area contributed by atoms with Crippen molar-refractivity contribution in [3.8, 4) is 11.1 Å². The van der Waals surface area contributed by atoms with Crippen LogP contribution in [0, 0.1) is 0 Å². The van der Waals surface area contributed by atoms with Crippen molar-refractivity contribution >= 4 is 5.97 Å². The van der Waals surface area contributed by atoms with E-state index in [9.17, 15) is 4.79 Å². The number of rotatable bonds is 3. The van der Waals surface area contributed by atoms with Crippen molar-refractivity contribution in [2.24, 2.45) is 0 Å². The van der Waals surface area contributed by atoms with Gasteiger partial charge in [-0.25, -0.2) is 0 Å². The zero-order chi connectivity index (χ0) is 12.5. The van der Waals surface area contributed by atoms with Gasteiger partial charge in [-0.15, -0.1) is 0 Å². The monoisotopic (exact) mass is 242 g/mol. The number of benzene rings is 1. The van der Waals surface area contributed by atoms with Gasteiger partial charge in [-0.3, -0.25) is 9.89 Å². The fourth-order valence-corrected chi connectivity index (χ4v) is 2.59. The van der Waals surface area contributed by atoms with Gasteiger partial charge in [-0.2, -0.15) is 5.10 Å². The quantitative estimate of drug-likeness (QED) is 0.867. The summed E-state index contributed by atoms with van der Waals surface area (Å²) in [5, 5.41) is 15.6. The smallest absolute Gasteiger partial charge is 0.309 e. The third-order valence-electron chi connectivity index (χ3n) is 3.46. The van der Waals surface area contributed by atoms with Gasteiger partial charge in [0.2, 0.25) is 0 Å². The maximum absolute atomic E-state index is 10.8. The van der Waals surface area contributed by atoms with Gasteiger partial charge in [0.1, 0.15) is 0 Å². The number of nitrogens with one attached hydrogen (secondary N) is 1. The molecule has 1 aliphatic carbocycles. The topological polar surface area (TPSA) is 66.0 Å². The second-order valence-corrected chi connectivity index (χ2v) is 4.67. The van der Waals surface area contributed by atoms with Crippen LogP contribution in [-0.4, -0.2) is 21.3 Å². The Morgan fingerprint density at radius 3 is 3.00 bits per heavy atom. The summed E-state index contributed by atoms with van der Waals surface area (Å²) in [5.41, 5.74) is 5.42. The van der Waals surface area contributed by atoms with Crippen LogP contribution in [0.25, 0.3) is 11.1 Å². The Kier molecular flexibility index (Phi) is 2.63. The minimum atomic E-state index is -0.846. The normalized spacial score (nSPS) is 13.6. The van der Waals surface area contributed by atoms with Crippen molar-refractivity contribution in [1.29, 1.82) is 0 Å². The molecule has 0 fully saturated rings. The first-order chi connectivity index (χ1) is 8.74. The molecule has 2 N–H and O–H groups in total. The van der Waals surface area contributed by atoms with Gasteiger partial charge in [0, 0.05) is 5.56 Å². The third kappa shape index (κ3) is 1.90. The Morgan fingerprint density at radius 2 is 2.17 bits per heavy atom. The second-order valence-electron chi connectivity index (χ2n) is 4.67. The van der Waals surface area contributed by atoms with E-state index < -0.39 is 5.97 Å². The molecule has 4 heteroatoms. The number of aromatic nitrogens is 2. The van der Waals surface area contributed by atoms with E-state index in [1.54, 1.807) is 6.20 Å². The first-order valence-electron chi connectivity index (χ1n) is 6.10. The lowest BCUT2D eigenvalue weighted by atomic mass is 10.0. The molecular weight excluding hydrogens is 228 g/mol. The molecule has 0 bridgehead atoms. The van der Waals surface area contributed by atoms with Crippen LogP contribution in [0.2, 0.25) is 0 Å². The summed E-state index contributed by atoms with van der Waals surface area (Å²) in [7, 11) is 0. The molecule has 1 aromatic carbocycles.